The summed E-state index contributed by atoms with van der Waals surface area (Å²) in [5.41, 5.74) is 1.54. The molecule has 0 bridgehead atoms. The van der Waals surface area contributed by atoms with Crippen LogP contribution in [0.25, 0.3) is 0 Å². The van der Waals surface area contributed by atoms with Crippen LogP contribution in [-0.2, 0) is 16.6 Å². The van der Waals surface area contributed by atoms with E-state index in [1.165, 1.54) is 30.0 Å². The smallest absolute Gasteiger partial charge is 0.261 e. The lowest BCUT2D eigenvalue weighted by atomic mass is 10.1. The number of para-hydroxylation sites is 1. The maximum Gasteiger partial charge on any atom is 0.261 e. The normalized spacial score (nSPS) is 13.8. The number of likely N-dealkylation sites (tertiary alicyclic amines) is 1. The molecule has 0 aliphatic carbocycles. The van der Waals surface area contributed by atoms with E-state index in [9.17, 15) is 18.0 Å². The second kappa shape index (κ2) is 11.6. The number of amides is 2. The highest BCUT2D eigenvalue weighted by molar-refractivity contribution is 7.98. The van der Waals surface area contributed by atoms with Gasteiger partial charge < -0.3 is 10.2 Å². The number of nitrogens with zero attached hydrogens (tertiary/aromatic N) is 2. The Balaban J connectivity index is 1.57. The van der Waals surface area contributed by atoms with Gasteiger partial charge in [-0.25, -0.2) is 8.42 Å². The van der Waals surface area contributed by atoms with Crippen molar-refractivity contribution < 1.29 is 18.0 Å². The van der Waals surface area contributed by atoms with Crippen LogP contribution >= 0.6 is 11.8 Å². The maximum absolute atomic E-state index is 13.3. The number of sulfonamides is 1. The van der Waals surface area contributed by atoms with Crippen LogP contribution in [0.5, 0.6) is 0 Å². The minimum Gasteiger partial charge on any atom is -0.348 e. The van der Waals surface area contributed by atoms with E-state index in [0.717, 1.165) is 29.7 Å². The Morgan fingerprint density at radius 2 is 1.78 bits per heavy atom. The Morgan fingerprint density at radius 3 is 2.50 bits per heavy atom. The zero-order chi connectivity index (χ0) is 25.5. The molecule has 0 radical (unpaired) electrons. The van der Waals surface area contributed by atoms with Crippen molar-refractivity contribution in [2.75, 3.05) is 24.1 Å². The molecule has 2 amide bonds. The van der Waals surface area contributed by atoms with Gasteiger partial charge in [-0.3, -0.25) is 19.3 Å². The summed E-state index contributed by atoms with van der Waals surface area (Å²) in [7, 11) is -4.07. The third-order valence-corrected chi connectivity index (χ3v) is 8.11. The van der Waals surface area contributed by atoms with E-state index in [2.05, 4.69) is 15.0 Å². The van der Waals surface area contributed by atoms with Crippen LogP contribution in [0.1, 0.15) is 45.5 Å². The Bertz CT molecular complexity index is 1340. The Kier molecular flexibility index (Phi) is 8.27. The molecule has 1 aliphatic heterocycles. The molecule has 0 spiro atoms. The summed E-state index contributed by atoms with van der Waals surface area (Å²) >= 11 is 1.40. The van der Waals surface area contributed by atoms with E-state index >= 15 is 0 Å². The molecular weight excluding hydrogens is 496 g/mol. The zero-order valence-corrected chi connectivity index (χ0v) is 21.6. The van der Waals surface area contributed by atoms with Crippen molar-refractivity contribution in [2.24, 2.45) is 0 Å². The summed E-state index contributed by atoms with van der Waals surface area (Å²) in [5, 5.41) is 2.79. The quantitative estimate of drug-likeness (QED) is 0.429. The molecule has 8 nitrogen and oxygen atoms in total. The Hall–Kier alpha value is -3.37. The van der Waals surface area contributed by atoms with Gasteiger partial charge in [0.05, 0.1) is 21.7 Å². The van der Waals surface area contributed by atoms with Crippen molar-refractivity contribution in [1.82, 2.24) is 15.2 Å². The van der Waals surface area contributed by atoms with Gasteiger partial charge >= 0.3 is 0 Å². The van der Waals surface area contributed by atoms with Crippen LogP contribution in [0.4, 0.5) is 5.69 Å². The van der Waals surface area contributed by atoms with Crippen LogP contribution in [0.3, 0.4) is 0 Å². The molecule has 36 heavy (non-hydrogen) atoms. The molecular formula is C26H28N4O4S2. The third kappa shape index (κ3) is 6.06. The van der Waals surface area contributed by atoms with Gasteiger partial charge in [0.15, 0.2) is 0 Å². The summed E-state index contributed by atoms with van der Waals surface area (Å²) in [6, 6.07) is 14.6. The first-order chi connectivity index (χ1) is 17.4. The first-order valence-electron chi connectivity index (χ1n) is 11.7. The third-order valence-electron chi connectivity index (χ3n) is 5.95. The van der Waals surface area contributed by atoms with Gasteiger partial charge in [0.2, 0.25) is 0 Å². The number of piperidine rings is 1. The van der Waals surface area contributed by atoms with Crippen LogP contribution in [0.2, 0.25) is 0 Å². The molecule has 0 saturated carbocycles. The lowest BCUT2D eigenvalue weighted by molar-refractivity contribution is 0.0720. The van der Waals surface area contributed by atoms with Crippen LogP contribution in [-0.4, -0.2) is 49.5 Å². The SMILES string of the molecule is CSc1ccc(S(=O)(=O)Nc2ccccc2C(=O)NCc2cccnc2)cc1C(=O)N1CCCCC1. The van der Waals surface area contributed by atoms with Gasteiger partial charge in [-0.2, -0.15) is 0 Å². The average Bonchev–Trinajstić information content (AvgIpc) is 2.92. The number of carbonyl (C=O) groups is 2. The monoisotopic (exact) mass is 524 g/mol. The molecule has 1 aliphatic rings. The second-order valence-corrected chi connectivity index (χ2v) is 10.9. The molecule has 10 heteroatoms. The zero-order valence-electron chi connectivity index (χ0n) is 19.9. The molecule has 188 valence electrons. The average molecular weight is 525 g/mol. The van der Waals surface area contributed by atoms with Gasteiger partial charge in [-0.1, -0.05) is 18.2 Å². The first kappa shape index (κ1) is 25.7. The van der Waals surface area contributed by atoms with Gasteiger partial charge in [0.25, 0.3) is 21.8 Å². The Labute approximate surface area is 215 Å². The minimum atomic E-state index is -4.07. The van der Waals surface area contributed by atoms with Gasteiger partial charge in [-0.15, -0.1) is 11.8 Å². The number of benzene rings is 2. The van der Waals surface area contributed by atoms with Crippen LogP contribution in [0, 0.1) is 0 Å². The molecule has 0 atom stereocenters. The summed E-state index contributed by atoms with van der Waals surface area (Å²) in [5.74, 6) is -0.581. The largest absolute Gasteiger partial charge is 0.348 e. The van der Waals surface area contributed by atoms with Gasteiger partial charge in [0.1, 0.15) is 0 Å². The number of pyridine rings is 1. The number of hydrogen-bond acceptors (Lipinski definition) is 6. The highest BCUT2D eigenvalue weighted by atomic mass is 32.2. The second-order valence-electron chi connectivity index (χ2n) is 8.41. The standard InChI is InChI=1S/C26H28N4O4S2/c1-35-24-12-11-20(16-22(24)26(32)30-14-5-2-6-15-30)36(33,34)29-23-10-4-3-9-21(23)25(31)28-18-19-8-7-13-27-17-19/h3-4,7-13,16-17,29H,2,5-6,14-15,18H2,1H3,(H,28,31). The summed E-state index contributed by atoms with van der Waals surface area (Å²) in [4.78, 5) is 32.5. The number of thioether (sulfide) groups is 1. The highest BCUT2D eigenvalue weighted by Crippen LogP contribution is 2.28. The number of aromatic nitrogens is 1. The van der Waals surface area contributed by atoms with E-state index in [4.69, 9.17) is 0 Å². The molecule has 3 aromatic rings. The van der Waals surface area contributed by atoms with Crippen molar-refractivity contribution >= 4 is 39.3 Å². The predicted molar refractivity (Wildman–Crippen MR) is 141 cm³/mol. The number of carbonyl (C=O) groups excluding carboxylic acids is 2. The Morgan fingerprint density at radius 1 is 1.00 bits per heavy atom. The lowest BCUT2D eigenvalue weighted by Gasteiger charge is -2.27. The van der Waals surface area contributed by atoms with Crippen LogP contribution in [0.15, 0.2) is 76.8 Å². The van der Waals surface area contributed by atoms with Crippen molar-refractivity contribution in [3.8, 4) is 0 Å². The fourth-order valence-electron chi connectivity index (χ4n) is 4.04. The molecule has 1 aromatic heterocycles. The van der Waals surface area contributed by atoms with E-state index in [1.54, 1.807) is 47.6 Å². The summed E-state index contributed by atoms with van der Waals surface area (Å²) in [6.45, 7) is 1.60. The molecule has 1 saturated heterocycles. The lowest BCUT2D eigenvalue weighted by Crippen LogP contribution is -2.36. The summed E-state index contributed by atoms with van der Waals surface area (Å²) < 4.78 is 29.2. The van der Waals surface area contributed by atoms with Gasteiger partial charge in [-0.05, 0) is 67.5 Å². The topological polar surface area (TPSA) is 108 Å². The van der Waals surface area contributed by atoms with Gasteiger partial charge in [0, 0.05) is 36.9 Å². The molecule has 4 rings (SSSR count). The number of hydrogen-bond donors (Lipinski definition) is 2. The molecule has 0 unspecified atom stereocenters. The molecule has 1 fully saturated rings. The molecule has 2 aromatic carbocycles. The highest BCUT2D eigenvalue weighted by Gasteiger charge is 2.25. The molecule has 2 N–H and O–H groups in total. The van der Waals surface area contributed by atoms with Crippen LogP contribution < -0.4 is 10.0 Å². The van der Waals surface area contributed by atoms with E-state index in [-0.39, 0.29) is 28.6 Å². The predicted octanol–water partition coefficient (Wildman–Crippen LogP) is 4.16. The van der Waals surface area contributed by atoms with E-state index in [0.29, 0.717) is 18.7 Å². The van der Waals surface area contributed by atoms with Crippen molar-refractivity contribution in [1.29, 1.82) is 0 Å². The fourth-order valence-corrected chi connectivity index (χ4v) is 5.72. The first-order valence-corrected chi connectivity index (χ1v) is 14.4. The number of nitrogens with one attached hydrogen (secondary N) is 2. The van der Waals surface area contributed by atoms with Crippen molar-refractivity contribution in [3.63, 3.8) is 0 Å². The number of rotatable bonds is 8. The van der Waals surface area contributed by atoms with Crippen molar-refractivity contribution in [3.05, 3.63) is 83.7 Å². The molecule has 2 heterocycles. The summed E-state index contributed by atoms with van der Waals surface area (Å²) in [6.07, 6.45) is 8.13. The maximum atomic E-state index is 13.3. The fraction of sp³-hybridized carbons (Fsp3) is 0.269. The number of anilines is 1. The van der Waals surface area contributed by atoms with E-state index < -0.39 is 15.9 Å². The van der Waals surface area contributed by atoms with Crippen molar-refractivity contribution in [2.45, 2.75) is 35.6 Å². The van der Waals surface area contributed by atoms with E-state index in [1.807, 2.05) is 12.3 Å². The minimum absolute atomic E-state index is 0.0359.